The Bertz CT molecular complexity index is 1070. The van der Waals surface area contributed by atoms with Crippen LogP contribution in [0.25, 0.3) is 11.0 Å². The Morgan fingerprint density at radius 3 is 2.50 bits per heavy atom. The zero-order chi connectivity index (χ0) is 18.8. The van der Waals surface area contributed by atoms with Crippen LogP contribution >= 0.6 is 0 Å². The monoisotopic (exact) mass is 353 g/mol. The smallest absolute Gasteiger partial charge is 0.338 e. The van der Waals surface area contributed by atoms with Crippen LogP contribution in [0.4, 0.5) is 5.69 Å². The van der Waals surface area contributed by atoms with Gasteiger partial charge in [-0.15, -0.1) is 0 Å². The predicted octanol–water partition coefficient (Wildman–Crippen LogP) is 3.68. The molecule has 0 fully saturated rings. The molecule has 2 aromatic carbocycles. The molecule has 7 nitrogen and oxygen atoms in total. The zero-order valence-electron chi connectivity index (χ0n) is 14.1. The Hall–Kier alpha value is -3.48. The molecule has 3 aromatic rings. The molecular weight excluding hydrogens is 338 g/mol. The van der Waals surface area contributed by atoms with E-state index in [-0.39, 0.29) is 17.9 Å². The first-order valence-electron chi connectivity index (χ1n) is 7.81. The van der Waals surface area contributed by atoms with E-state index < -0.39 is 16.5 Å². The molecule has 0 radical (unpaired) electrons. The number of hydrogen-bond donors (Lipinski definition) is 0. The first-order chi connectivity index (χ1) is 12.4. The molecule has 0 unspecified atom stereocenters. The molecule has 26 heavy (non-hydrogen) atoms. The minimum Gasteiger partial charge on any atom is -0.457 e. The van der Waals surface area contributed by atoms with Gasteiger partial charge in [0.2, 0.25) is 0 Å². The van der Waals surface area contributed by atoms with Gasteiger partial charge >= 0.3 is 11.6 Å². The van der Waals surface area contributed by atoms with E-state index >= 15 is 0 Å². The van der Waals surface area contributed by atoms with Gasteiger partial charge in [0.15, 0.2) is 0 Å². The van der Waals surface area contributed by atoms with Crippen molar-refractivity contribution >= 4 is 22.6 Å². The van der Waals surface area contributed by atoms with Gasteiger partial charge < -0.3 is 9.15 Å². The summed E-state index contributed by atoms with van der Waals surface area (Å²) in [5.74, 6) is -0.634. The second-order valence-electron chi connectivity index (χ2n) is 5.85. The van der Waals surface area contributed by atoms with Crippen LogP contribution < -0.4 is 5.63 Å². The van der Waals surface area contributed by atoms with Crippen molar-refractivity contribution in [2.75, 3.05) is 0 Å². The lowest BCUT2D eigenvalue weighted by Crippen LogP contribution is -2.08. The van der Waals surface area contributed by atoms with Crippen LogP contribution in [0.15, 0.2) is 51.7 Å². The van der Waals surface area contributed by atoms with Crippen molar-refractivity contribution in [2.45, 2.75) is 20.5 Å². The van der Waals surface area contributed by atoms with Crippen LogP contribution in [0.1, 0.15) is 27.0 Å². The molecule has 0 aliphatic rings. The maximum absolute atomic E-state index is 12.1. The Balaban J connectivity index is 1.85. The fraction of sp³-hybridized carbons (Fsp3) is 0.158. The molecule has 0 bridgehead atoms. The fourth-order valence-electron chi connectivity index (χ4n) is 2.59. The standard InChI is InChI=1S/C19H15NO6/c1-11-3-8-16-14(9-17(21)26-18(16)12(11)2)10-25-19(22)13-4-6-15(7-5-13)20(23)24/h3-9H,10H2,1-2H3. The largest absolute Gasteiger partial charge is 0.457 e. The molecule has 1 heterocycles. The molecule has 0 N–H and O–H groups in total. The third kappa shape index (κ3) is 3.32. The Labute approximate surface area is 148 Å². The van der Waals surface area contributed by atoms with Crippen molar-refractivity contribution in [1.82, 2.24) is 0 Å². The number of hydrogen-bond acceptors (Lipinski definition) is 6. The quantitative estimate of drug-likeness (QED) is 0.307. The van der Waals surface area contributed by atoms with Crippen molar-refractivity contribution in [2.24, 2.45) is 0 Å². The number of benzene rings is 2. The van der Waals surface area contributed by atoms with Crippen molar-refractivity contribution in [3.8, 4) is 0 Å². The molecule has 0 saturated carbocycles. The fourth-order valence-corrected chi connectivity index (χ4v) is 2.59. The number of carbonyl (C=O) groups is 1. The van der Waals surface area contributed by atoms with Gasteiger partial charge in [0, 0.05) is 29.1 Å². The molecule has 0 atom stereocenters. The van der Waals surface area contributed by atoms with Crippen LogP contribution in [0, 0.1) is 24.0 Å². The summed E-state index contributed by atoms with van der Waals surface area (Å²) < 4.78 is 10.5. The van der Waals surface area contributed by atoms with E-state index in [1.54, 1.807) is 0 Å². The summed E-state index contributed by atoms with van der Waals surface area (Å²) in [5, 5.41) is 11.3. The Kier molecular flexibility index (Phi) is 4.53. The van der Waals surface area contributed by atoms with Crippen LogP contribution in [-0.2, 0) is 11.3 Å². The maximum atomic E-state index is 12.1. The molecule has 3 rings (SSSR count). The second kappa shape index (κ2) is 6.79. The highest BCUT2D eigenvalue weighted by molar-refractivity contribution is 5.90. The third-order valence-corrected chi connectivity index (χ3v) is 4.19. The van der Waals surface area contributed by atoms with Gasteiger partial charge in [-0.2, -0.15) is 0 Å². The number of esters is 1. The molecule has 132 valence electrons. The topological polar surface area (TPSA) is 99.6 Å². The molecule has 7 heteroatoms. The van der Waals surface area contributed by atoms with Gasteiger partial charge in [-0.3, -0.25) is 10.1 Å². The number of rotatable bonds is 4. The molecular formula is C19H15NO6. The average Bonchev–Trinajstić information content (AvgIpc) is 2.63. The molecule has 1 aromatic heterocycles. The number of carbonyl (C=O) groups excluding carboxylic acids is 1. The van der Waals surface area contributed by atoms with E-state index in [1.165, 1.54) is 30.3 Å². The lowest BCUT2D eigenvalue weighted by molar-refractivity contribution is -0.384. The summed E-state index contributed by atoms with van der Waals surface area (Å²) in [4.78, 5) is 34.1. The SMILES string of the molecule is Cc1ccc2c(COC(=O)c3ccc([N+](=O)[O-])cc3)cc(=O)oc2c1C. The lowest BCUT2D eigenvalue weighted by atomic mass is 10.0. The summed E-state index contributed by atoms with van der Waals surface area (Å²) >= 11 is 0. The van der Waals surface area contributed by atoms with Gasteiger partial charge in [0.1, 0.15) is 12.2 Å². The summed E-state index contributed by atoms with van der Waals surface area (Å²) in [7, 11) is 0. The van der Waals surface area contributed by atoms with E-state index in [0.29, 0.717) is 16.5 Å². The molecule has 0 aliphatic carbocycles. The van der Waals surface area contributed by atoms with E-state index in [9.17, 15) is 19.7 Å². The van der Waals surface area contributed by atoms with Crippen molar-refractivity contribution in [3.05, 3.63) is 85.3 Å². The van der Waals surface area contributed by atoms with E-state index in [0.717, 1.165) is 11.1 Å². The van der Waals surface area contributed by atoms with Gasteiger partial charge in [0.05, 0.1) is 10.5 Å². The van der Waals surface area contributed by atoms with Crippen LogP contribution in [0.3, 0.4) is 0 Å². The van der Waals surface area contributed by atoms with E-state index in [1.807, 2.05) is 26.0 Å². The Morgan fingerprint density at radius 2 is 1.85 bits per heavy atom. The van der Waals surface area contributed by atoms with Crippen LogP contribution in [-0.4, -0.2) is 10.9 Å². The minimum absolute atomic E-state index is 0.111. The van der Waals surface area contributed by atoms with Crippen molar-refractivity contribution < 1.29 is 18.9 Å². The van der Waals surface area contributed by atoms with Gasteiger partial charge in [-0.25, -0.2) is 9.59 Å². The maximum Gasteiger partial charge on any atom is 0.338 e. The minimum atomic E-state index is -0.634. The molecule has 0 spiro atoms. The van der Waals surface area contributed by atoms with Crippen molar-refractivity contribution in [1.29, 1.82) is 0 Å². The van der Waals surface area contributed by atoms with Crippen LogP contribution in [0.5, 0.6) is 0 Å². The number of ether oxygens (including phenoxy) is 1. The summed E-state index contributed by atoms with van der Waals surface area (Å²) in [6.45, 7) is 3.66. The van der Waals surface area contributed by atoms with Crippen molar-refractivity contribution in [3.63, 3.8) is 0 Å². The number of non-ortho nitro benzene ring substituents is 1. The molecule has 0 amide bonds. The lowest BCUT2D eigenvalue weighted by Gasteiger charge is -2.09. The first-order valence-corrected chi connectivity index (χ1v) is 7.81. The molecule has 0 saturated heterocycles. The van der Waals surface area contributed by atoms with E-state index in [2.05, 4.69) is 0 Å². The highest BCUT2D eigenvalue weighted by atomic mass is 16.6. The number of fused-ring (bicyclic) bond motifs is 1. The number of nitro groups is 1. The Morgan fingerprint density at radius 1 is 1.15 bits per heavy atom. The number of nitrogens with zero attached hydrogens (tertiary/aromatic N) is 1. The summed E-state index contributed by atoms with van der Waals surface area (Å²) in [6, 6.07) is 10.1. The highest BCUT2D eigenvalue weighted by Crippen LogP contribution is 2.24. The normalized spacial score (nSPS) is 10.7. The highest BCUT2D eigenvalue weighted by Gasteiger charge is 2.14. The van der Waals surface area contributed by atoms with Gasteiger partial charge in [-0.05, 0) is 37.1 Å². The van der Waals surface area contributed by atoms with E-state index in [4.69, 9.17) is 9.15 Å². The summed E-state index contributed by atoms with van der Waals surface area (Å²) in [5.41, 5.74) is 2.40. The predicted molar refractivity (Wildman–Crippen MR) is 94.2 cm³/mol. The number of aryl methyl sites for hydroxylation is 2. The van der Waals surface area contributed by atoms with Gasteiger partial charge in [-0.1, -0.05) is 12.1 Å². The average molecular weight is 353 g/mol. The zero-order valence-corrected chi connectivity index (χ0v) is 14.1. The van der Waals surface area contributed by atoms with Gasteiger partial charge in [0.25, 0.3) is 5.69 Å². The summed E-state index contributed by atoms with van der Waals surface area (Å²) in [6.07, 6.45) is 0. The molecule has 0 aliphatic heterocycles. The number of nitro benzene ring substituents is 1. The van der Waals surface area contributed by atoms with Crippen LogP contribution in [0.2, 0.25) is 0 Å². The third-order valence-electron chi connectivity index (χ3n) is 4.19. The first kappa shape index (κ1) is 17.3. The second-order valence-corrected chi connectivity index (χ2v) is 5.85.